The number of benzene rings is 1. The average Bonchev–Trinajstić information content (AvgIpc) is 2.83. The van der Waals surface area contributed by atoms with Crippen molar-refractivity contribution < 1.29 is 23.8 Å². The van der Waals surface area contributed by atoms with Crippen LogP contribution in [0.2, 0.25) is 10.0 Å². The highest BCUT2D eigenvalue weighted by molar-refractivity contribution is 6.35. The largest absolute Gasteiger partial charge is 0.481 e. The van der Waals surface area contributed by atoms with Gasteiger partial charge in [0.1, 0.15) is 5.92 Å². The summed E-state index contributed by atoms with van der Waals surface area (Å²) in [7, 11) is 0. The summed E-state index contributed by atoms with van der Waals surface area (Å²) < 4.78 is 18.3. The van der Waals surface area contributed by atoms with Gasteiger partial charge in [-0.3, -0.25) is 4.79 Å². The van der Waals surface area contributed by atoms with Gasteiger partial charge in [-0.15, -0.1) is 0 Å². The molecule has 0 spiro atoms. The Morgan fingerprint density at radius 3 is 2.48 bits per heavy atom. The van der Waals surface area contributed by atoms with Crippen molar-refractivity contribution in [2.75, 3.05) is 18.5 Å². The van der Waals surface area contributed by atoms with E-state index in [4.69, 9.17) is 33.0 Å². The van der Waals surface area contributed by atoms with Gasteiger partial charge in [0.15, 0.2) is 5.82 Å². The number of carboxylic acid groups (broad SMARTS) is 1. The van der Waals surface area contributed by atoms with E-state index in [1.807, 2.05) is 0 Å². The normalized spacial score (nSPS) is 21.1. The van der Waals surface area contributed by atoms with Crippen molar-refractivity contribution in [3.63, 3.8) is 0 Å². The van der Waals surface area contributed by atoms with E-state index in [1.54, 1.807) is 0 Å². The van der Waals surface area contributed by atoms with Crippen LogP contribution in [0.3, 0.4) is 0 Å². The molecule has 114 valence electrons. The molecule has 2 rings (SSSR count). The zero-order chi connectivity index (χ0) is 15.6. The lowest BCUT2D eigenvalue weighted by molar-refractivity contribution is -0.142. The second-order valence-electron chi connectivity index (χ2n) is 4.44. The first-order valence-electron chi connectivity index (χ1n) is 5.91. The summed E-state index contributed by atoms with van der Waals surface area (Å²) in [6.45, 7) is 0.143. The van der Waals surface area contributed by atoms with Gasteiger partial charge < -0.3 is 20.5 Å². The number of carbonyl (C=O) groups excluding carboxylic acids is 1. The summed E-state index contributed by atoms with van der Waals surface area (Å²) in [5, 5.41) is 13.4. The molecule has 1 heterocycles. The van der Waals surface area contributed by atoms with Crippen molar-refractivity contribution in [1.82, 2.24) is 5.32 Å². The molecule has 21 heavy (non-hydrogen) atoms. The number of amides is 2. The highest BCUT2D eigenvalue weighted by Crippen LogP contribution is 2.27. The van der Waals surface area contributed by atoms with Gasteiger partial charge in [0.25, 0.3) is 0 Å². The molecule has 1 fully saturated rings. The van der Waals surface area contributed by atoms with Crippen LogP contribution in [0, 0.1) is 11.7 Å². The van der Waals surface area contributed by atoms with E-state index in [0.29, 0.717) is 0 Å². The molecule has 0 radical (unpaired) electrons. The molecule has 0 saturated carbocycles. The third-order valence-corrected chi connectivity index (χ3v) is 3.51. The third-order valence-electron chi connectivity index (χ3n) is 2.96. The highest BCUT2D eigenvalue weighted by Gasteiger charge is 2.35. The molecule has 9 heteroatoms. The highest BCUT2D eigenvalue weighted by atomic mass is 35.5. The van der Waals surface area contributed by atoms with Crippen LogP contribution in [0.25, 0.3) is 0 Å². The van der Waals surface area contributed by atoms with Gasteiger partial charge in [-0.25, -0.2) is 9.18 Å². The minimum Gasteiger partial charge on any atom is -0.481 e. The van der Waals surface area contributed by atoms with Gasteiger partial charge in [0, 0.05) is 5.69 Å². The van der Waals surface area contributed by atoms with Gasteiger partial charge in [-0.1, -0.05) is 23.2 Å². The van der Waals surface area contributed by atoms with Crippen LogP contribution in [-0.4, -0.2) is 36.4 Å². The fraction of sp³-hybridized carbons (Fsp3) is 0.333. The Bertz CT molecular complexity index is 561. The number of hydrogen-bond donors (Lipinski definition) is 3. The molecule has 1 aromatic rings. The molecular formula is C12H11Cl2FN2O4. The lowest BCUT2D eigenvalue weighted by Gasteiger charge is -2.16. The number of nitrogens with one attached hydrogen (secondary N) is 2. The number of urea groups is 1. The molecule has 6 nitrogen and oxygen atoms in total. The molecular weight excluding hydrogens is 326 g/mol. The average molecular weight is 337 g/mol. The maximum Gasteiger partial charge on any atom is 0.319 e. The fourth-order valence-corrected chi connectivity index (χ4v) is 2.39. The van der Waals surface area contributed by atoms with Gasteiger partial charge in [0.2, 0.25) is 0 Å². The number of hydrogen-bond acceptors (Lipinski definition) is 3. The lowest BCUT2D eigenvalue weighted by atomic mass is 10.0. The van der Waals surface area contributed by atoms with Gasteiger partial charge in [-0.2, -0.15) is 0 Å². The number of aliphatic carboxylic acids is 1. The Morgan fingerprint density at radius 1 is 1.29 bits per heavy atom. The summed E-state index contributed by atoms with van der Waals surface area (Å²) in [6, 6.07) is 1.09. The Balaban J connectivity index is 2.00. The van der Waals surface area contributed by atoms with Crippen LogP contribution >= 0.6 is 23.2 Å². The Kier molecular flexibility index (Phi) is 4.87. The van der Waals surface area contributed by atoms with Crippen LogP contribution in [0.4, 0.5) is 14.9 Å². The molecule has 0 aromatic heterocycles. The number of ether oxygens (including phenoxy) is 1. The topological polar surface area (TPSA) is 87.7 Å². The molecule has 2 unspecified atom stereocenters. The quantitative estimate of drug-likeness (QED) is 0.739. The molecule has 1 aliphatic rings. The molecule has 3 N–H and O–H groups in total. The van der Waals surface area contributed by atoms with E-state index in [1.165, 1.54) is 12.1 Å². The summed E-state index contributed by atoms with van der Waals surface area (Å²) in [6.07, 6.45) is 0. The van der Waals surface area contributed by atoms with Crippen LogP contribution < -0.4 is 10.6 Å². The van der Waals surface area contributed by atoms with Crippen LogP contribution in [0.1, 0.15) is 0 Å². The van der Waals surface area contributed by atoms with Crippen molar-refractivity contribution >= 4 is 40.9 Å². The van der Waals surface area contributed by atoms with E-state index in [2.05, 4.69) is 10.6 Å². The van der Waals surface area contributed by atoms with E-state index in [0.717, 1.165) is 0 Å². The van der Waals surface area contributed by atoms with Gasteiger partial charge >= 0.3 is 12.0 Å². The van der Waals surface area contributed by atoms with Crippen LogP contribution in [0.5, 0.6) is 0 Å². The van der Waals surface area contributed by atoms with E-state index in [9.17, 15) is 14.0 Å². The van der Waals surface area contributed by atoms with E-state index >= 15 is 0 Å². The monoisotopic (exact) mass is 336 g/mol. The summed E-state index contributed by atoms with van der Waals surface area (Å²) in [4.78, 5) is 22.7. The van der Waals surface area contributed by atoms with Crippen molar-refractivity contribution in [1.29, 1.82) is 0 Å². The summed E-state index contributed by atoms with van der Waals surface area (Å²) in [5.41, 5.74) is 0.190. The minimum atomic E-state index is -1.05. The van der Waals surface area contributed by atoms with E-state index in [-0.39, 0.29) is 28.9 Å². The van der Waals surface area contributed by atoms with Crippen LogP contribution in [-0.2, 0) is 9.53 Å². The predicted octanol–water partition coefficient (Wildman–Crippen LogP) is 2.35. The van der Waals surface area contributed by atoms with Crippen molar-refractivity contribution in [3.8, 4) is 0 Å². The first kappa shape index (κ1) is 15.8. The number of carboxylic acids is 1. The molecule has 2 atom stereocenters. The zero-order valence-corrected chi connectivity index (χ0v) is 12.0. The van der Waals surface area contributed by atoms with Crippen molar-refractivity contribution in [3.05, 3.63) is 28.0 Å². The SMILES string of the molecule is O=C(Nc1cc(Cl)c(F)c(Cl)c1)NC1COCC1C(=O)O. The van der Waals surface area contributed by atoms with Crippen molar-refractivity contribution in [2.45, 2.75) is 6.04 Å². The Morgan fingerprint density at radius 2 is 1.90 bits per heavy atom. The maximum atomic E-state index is 13.2. The number of anilines is 1. The van der Waals surface area contributed by atoms with Gasteiger partial charge in [0.05, 0.1) is 29.3 Å². The number of rotatable bonds is 3. The number of halogens is 3. The van der Waals surface area contributed by atoms with Crippen LogP contribution in [0.15, 0.2) is 12.1 Å². The zero-order valence-electron chi connectivity index (χ0n) is 10.5. The first-order chi connectivity index (χ1) is 9.88. The molecule has 0 aliphatic carbocycles. The molecule has 1 aliphatic heterocycles. The van der Waals surface area contributed by atoms with Gasteiger partial charge in [-0.05, 0) is 12.1 Å². The smallest absolute Gasteiger partial charge is 0.319 e. The third kappa shape index (κ3) is 3.75. The standard InChI is InChI=1S/C12H11Cl2FN2O4/c13-7-1-5(2-8(14)10(7)15)16-12(20)17-9-4-21-3-6(9)11(18)19/h1-2,6,9H,3-4H2,(H,18,19)(H2,16,17,20). The lowest BCUT2D eigenvalue weighted by Crippen LogP contribution is -2.44. The molecule has 2 amide bonds. The molecule has 1 saturated heterocycles. The first-order valence-corrected chi connectivity index (χ1v) is 6.66. The Labute approximate surface area is 129 Å². The molecule has 0 bridgehead atoms. The molecule has 1 aromatic carbocycles. The second kappa shape index (κ2) is 6.46. The van der Waals surface area contributed by atoms with E-state index < -0.39 is 29.8 Å². The predicted molar refractivity (Wildman–Crippen MR) is 74.3 cm³/mol. The Hall–Kier alpha value is -1.57. The minimum absolute atomic E-state index is 0.0362. The number of carbonyl (C=O) groups is 2. The summed E-state index contributed by atoms with van der Waals surface area (Å²) in [5.74, 6) is -2.64. The van der Waals surface area contributed by atoms with Crippen molar-refractivity contribution in [2.24, 2.45) is 5.92 Å². The second-order valence-corrected chi connectivity index (χ2v) is 5.26. The fourth-order valence-electron chi connectivity index (χ4n) is 1.90. The maximum absolute atomic E-state index is 13.2. The summed E-state index contributed by atoms with van der Waals surface area (Å²) >= 11 is 11.2.